The van der Waals surface area contributed by atoms with E-state index in [2.05, 4.69) is 9.88 Å². The first-order valence-electron chi connectivity index (χ1n) is 7.38. The minimum Gasteiger partial charge on any atom is -0.354 e. The molecule has 0 radical (unpaired) electrons. The Kier molecular flexibility index (Phi) is 4.01. The third-order valence-electron chi connectivity index (χ3n) is 3.94. The summed E-state index contributed by atoms with van der Waals surface area (Å²) in [6, 6.07) is 7.80. The van der Waals surface area contributed by atoms with Crippen LogP contribution in [0.5, 0.6) is 0 Å². The van der Waals surface area contributed by atoms with Gasteiger partial charge in [-0.1, -0.05) is 12.1 Å². The molecule has 2 heterocycles. The van der Waals surface area contributed by atoms with E-state index in [-0.39, 0.29) is 0 Å². The molecular formula is C15H20N4O2S. The van der Waals surface area contributed by atoms with Crippen molar-refractivity contribution in [3.8, 4) is 0 Å². The highest BCUT2D eigenvalue weighted by Crippen LogP contribution is 2.21. The van der Waals surface area contributed by atoms with E-state index < -0.39 is 10.0 Å². The number of benzene rings is 1. The molecule has 1 aromatic heterocycles. The largest absolute Gasteiger partial charge is 0.354 e. The number of sulfonamides is 1. The molecule has 0 unspecified atom stereocenters. The van der Waals surface area contributed by atoms with E-state index in [9.17, 15) is 8.42 Å². The first-order valence-corrected chi connectivity index (χ1v) is 9.23. The molecule has 3 rings (SSSR count). The van der Waals surface area contributed by atoms with E-state index in [4.69, 9.17) is 4.98 Å². The van der Waals surface area contributed by atoms with Crippen molar-refractivity contribution in [2.24, 2.45) is 0 Å². The zero-order chi connectivity index (χ0) is 15.7. The standard InChI is InChI=1S/C15H20N4O2S/c1-12-15(17-14-7-4-3-6-13(14)16-12)18-8-5-9-19(11-10-18)22(2,20)21/h3-4,6-7H,5,8-11H2,1-2H3. The highest BCUT2D eigenvalue weighted by atomic mass is 32.2. The van der Waals surface area contributed by atoms with Gasteiger partial charge in [-0.3, -0.25) is 0 Å². The smallest absolute Gasteiger partial charge is 0.211 e. The molecule has 7 heteroatoms. The van der Waals surface area contributed by atoms with Crippen LogP contribution in [0.25, 0.3) is 11.0 Å². The second-order valence-corrected chi connectivity index (χ2v) is 7.61. The van der Waals surface area contributed by atoms with Crippen LogP contribution in [0.1, 0.15) is 12.1 Å². The fraction of sp³-hybridized carbons (Fsp3) is 0.467. The van der Waals surface area contributed by atoms with Crippen molar-refractivity contribution < 1.29 is 8.42 Å². The van der Waals surface area contributed by atoms with Crippen molar-refractivity contribution in [1.29, 1.82) is 0 Å². The molecule has 0 spiro atoms. The topological polar surface area (TPSA) is 66.4 Å². The summed E-state index contributed by atoms with van der Waals surface area (Å²) in [6.07, 6.45) is 2.06. The predicted molar refractivity (Wildman–Crippen MR) is 87.5 cm³/mol. The quantitative estimate of drug-likeness (QED) is 0.837. The van der Waals surface area contributed by atoms with Gasteiger partial charge < -0.3 is 4.90 Å². The molecule has 22 heavy (non-hydrogen) atoms. The number of hydrogen-bond donors (Lipinski definition) is 0. The first-order chi connectivity index (χ1) is 10.4. The maximum atomic E-state index is 11.7. The second-order valence-electron chi connectivity index (χ2n) is 5.62. The molecule has 0 N–H and O–H groups in total. The highest BCUT2D eigenvalue weighted by molar-refractivity contribution is 7.88. The fourth-order valence-corrected chi connectivity index (χ4v) is 3.69. The van der Waals surface area contributed by atoms with E-state index >= 15 is 0 Å². The Hall–Kier alpha value is -1.73. The van der Waals surface area contributed by atoms with Crippen LogP contribution in [0, 0.1) is 6.92 Å². The first kappa shape index (κ1) is 15.2. The molecule has 0 atom stereocenters. The summed E-state index contributed by atoms with van der Waals surface area (Å²) in [7, 11) is -3.13. The molecule has 0 saturated carbocycles. The van der Waals surface area contributed by atoms with Gasteiger partial charge in [0.05, 0.1) is 23.0 Å². The van der Waals surface area contributed by atoms with E-state index in [1.54, 1.807) is 0 Å². The van der Waals surface area contributed by atoms with Gasteiger partial charge in [0.15, 0.2) is 5.82 Å². The van der Waals surface area contributed by atoms with Gasteiger partial charge in [0.25, 0.3) is 0 Å². The summed E-state index contributed by atoms with van der Waals surface area (Å²) in [4.78, 5) is 11.5. The monoisotopic (exact) mass is 320 g/mol. The molecule has 0 aliphatic carbocycles. The predicted octanol–water partition coefficient (Wildman–Crippen LogP) is 1.41. The van der Waals surface area contributed by atoms with Crippen LogP contribution in [-0.2, 0) is 10.0 Å². The zero-order valence-electron chi connectivity index (χ0n) is 12.9. The lowest BCUT2D eigenvalue weighted by Crippen LogP contribution is -2.34. The Morgan fingerprint density at radius 1 is 1.00 bits per heavy atom. The molecule has 0 bridgehead atoms. The van der Waals surface area contributed by atoms with Gasteiger partial charge in [0.1, 0.15) is 0 Å². The van der Waals surface area contributed by atoms with Crippen molar-refractivity contribution in [3.63, 3.8) is 0 Å². The molecule has 1 fully saturated rings. The van der Waals surface area contributed by atoms with Crippen molar-refractivity contribution in [3.05, 3.63) is 30.0 Å². The van der Waals surface area contributed by atoms with Crippen molar-refractivity contribution in [2.75, 3.05) is 37.3 Å². The second kappa shape index (κ2) is 5.81. The van der Waals surface area contributed by atoms with E-state index in [0.717, 1.165) is 35.5 Å². The molecule has 1 aliphatic heterocycles. The van der Waals surface area contributed by atoms with Gasteiger partial charge in [0, 0.05) is 26.2 Å². The normalized spacial score (nSPS) is 17.6. The van der Waals surface area contributed by atoms with E-state index in [1.165, 1.54) is 10.6 Å². The summed E-state index contributed by atoms with van der Waals surface area (Å²) >= 11 is 0. The maximum Gasteiger partial charge on any atom is 0.211 e. The van der Waals surface area contributed by atoms with Crippen LogP contribution in [0.15, 0.2) is 24.3 Å². The van der Waals surface area contributed by atoms with Crippen LogP contribution >= 0.6 is 0 Å². The lowest BCUT2D eigenvalue weighted by Gasteiger charge is -2.23. The van der Waals surface area contributed by atoms with Crippen molar-refractivity contribution in [2.45, 2.75) is 13.3 Å². The average molecular weight is 320 g/mol. The van der Waals surface area contributed by atoms with E-state index in [1.807, 2.05) is 31.2 Å². The Morgan fingerprint density at radius 2 is 1.68 bits per heavy atom. The Morgan fingerprint density at radius 3 is 2.36 bits per heavy atom. The SMILES string of the molecule is Cc1nc2ccccc2nc1N1CCCN(S(C)(=O)=O)CC1. The zero-order valence-corrected chi connectivity index (χ0v) is 13.7. The number of anilines is 1. The molecule has 0 amide bonds. The van der Waals surface area contributed by atoms with Crippen LogP contribution < -0.4 is 4.90 Å². The third kappa shape index (κ3) is 3.05. The minimum atomic E-state index is -3.13. The Bertz CT molecular complexity index is 791. The van der Waals surface area contributed by atoms with Gasteiger partial charge >= 0.3 is 0 Å². The molecule has 2 aromatic rings. The van der Waals surface area contributed by atoms with Gasteiger partial charge in [-0.05, 0) is 25.5 Å². The lowest BCUT2D eigenvalue weighted by molar-refractivity contribution is 0.437. The average Bonchev–Trinajstić information content (AvgIpc) is 2.72. The number of para-hydroxylation sites is 2. The van der Waals surface area contributed by atoms with Crippen LogP contribution in [0.4, 0.5) is 5.82 Å². The van der Waals surface area contributed by atoms with Crippen molar-refractivity contribution in [1.82, 2.24) is 14.3 Å². The fourth-order valence-electron chi connectivity index (χ4n) is 2.82. The van der Waals surface area contributed by atoms with Crippen LogP contribution in [0.3, 0.4) is 0 Å². The molecule has 118 valence electrons. The molecular weight excluding hydrogens is 300 g/mol. The summed E-state index contributed by atoms with van der Waals surface area (Å²) in [6.45, 7) is 4.44. The van der Waals surface area contributed by atoms with Gasteiger partial charge in [0.2, 0.25) is 10.0 Å². The van der Waals surface area contributed by atoms with Gasteiger partial charge in [-0.15, -0.1) is 0 Å². The van der Waals surface area contributed by atoms with Crippen molar-refractivity contribution >= 4 is 26.9 Å². The lowest BCUT2D eigenvalue weighted by atomic mass is 10.2. The molecule has 1 aliphatic rings. The minimum absolute atomic E-state index is 0.493. The number of hydrogen-bond acceptors (Lipinski definition) is 5. The maximum absolute atomic E-state index is 11.7. The number of rotatable bonds is 2. The summed E-state index contributed by atoms with van der Waals surface area (Å²) in [5, 5.41) is 0. The number of aromatic nitrogens is 2. The Labute approximate surface area is 130 Å². The third-order valence-corrected chi connectivity index (χ3v) is 5.25. The summed E-state index contributed by atoms with van der Waals surface area (Å²) in [5.74, 6) is 0.856. The number of fused-ring (bicyclic) bond motifs is 1. The number of aryl methyl sites for hydroxylation is 1. The molecule has 6 nitrogen and oxygen atoms in total. The van der Waals surface area contributed by atoms with E-state index in [0.29, 0.717) is 19.6 Å². The molecule has 1 aromatic carbocycles. The van der Waals surface area contributed by atoms with Crippen LogP contribution in [0.2, 0.25) is 0 Å². The van der Waals surface area contributed by atoms with Gasteiger partial charge in [-0.25, -0.2) is 22.7 Å². The Balaban J connectivity index is 1.89. The number of nitrogens with zero attached hydrogens (tertiary/aromatic N) is 4. The van der Waals surface area contributed by atoms with Gasteiger partial charge in [-0.2, -0.15) is 0 Å². The van der Waals surface area contributed by atoms with Crippen LogP contribution in [-0.4, -0.2) is 55.1 Å². The highest BCUT2D eigenvalue weighted by Gasteiger charge is 2.23. The summed E-state index contributed by atoms with van der Waals surface area (Å²) < 4.78 is 24.9. The summed E-state index contributed by atoms with van der Waals surface area (Å²) in [5.41, 5.74) is 2.63. The molecule has 1 saturated heterocycles.